The smallest absolute Gasteiger partial charge is 0.161 e. The zero-order valence-corrected chi connectivity index (χ0v) is 16.5. The van der Waals surface area contributed by atoms with Crippen molar-refractivity contribution in [1.29, 1.82) is 0 Å². The molecule has 0 saturated carbocycles. The van der Waals surface area contributed by atoms with Crippen molar-refractivity contribution >= 4 is 0 Å². The lowest BCUT2D eigenvalue weighted by molar-refractivity contribution is -0.779. The minimum Gasteiger partial charge on any atom is -0.161 e. The summed E-state index contributed by atoms with van der Waals surface area (Å²) < 4.78 is 8.90. The topological polar surface area (TPSA) is 17.6 Å². The number of rotatable bonds is 5. The largest absolute Gasteiger partial charge is 0.195 e. The molecular weight excluding hydrogens is 284 g/mol. The first-order chi connectivity index (χ1) is 11.0. The van der Waals surface area contributed by atoms with E-state index in [2.05, 4.69) is 97.2 Å². The van der Waals surface area contributed by atoms with Gasteiger partial charge in [0.15, 0.2) is 25.5 Å². The summed E-state index contributed by atoms with van der Waals surface area (Å²) in [5, 5.41) is 0. The molecule has 0 amide bonds. The highest BCUT2D eigenvalue weighted by molar-refractivity contribution is 4.73. The van der Waals surface area contributed by atoms with Crippen molar-refractivity contribution in [1.82, 2.24) is 9.36 Å². The first-order valence-corrected chi connectivity index (χ1v) is 9.10. The number of aryl methyl sites for hydroxylation is 2. The van der Waals surface area contributed by atoms with Gasteiger partial charge in [0, 0.05) is 18.1 Å². The molecule has 4 nitrogen and oxygen atoms in total. The van der Waals surface area contributed by atoms with Crippen LogP contribution in [0.5, 0.6) is 0 Å². The summed E-state index contributed by atoms with van der Waals surface area (Å²) in [6.45, 7) is 20.4. The van der Waals surface area contributed by atoms with Crippen LogP contribution in [0.15, 0.2) is 36.9 Å². The van der Waals surface area contributed by atoms with Crippen molar-refractivity contribution < 1.29 is 9.36 Å². The molecule has 0 atom stereocenters. The quantitative estimate of drug-likeness (QED) is 0.744. The molecule has 2 aromatic heterocycles. The molecule has 0 aliphatic heterocycles. The second-order valence-corrected chi connectivity index (χ2v) is 5.98. The Bertz CT molecular complexity index is 509. The fourth-order valence-corrected chi connectivity index (χ4v) is 2.36. The van der Waals surface area contributed by atoms with E-state index in [1.54, 1.807) is 0 Å². The van der Waals surface area contributed by atoms with E-state index in [9.17, 15) is 0 Å². The summed E-state index contributed by atoms with van der Waals surface area (Å²) in [5.41, 5.74) is 0. The molecule has 4 heteroatoms. The van der Waals surface area contributed by atoms with Gasteiger partial charge in [0.25, 0.3) is 0 Å². The summed E-state index contributed by atoms with van der Waals surface area (Å²) >= 11 is 0. The zero-order valence-electron chi connectivity index (χ0n) is 16.5. The van der Waals surface area contributed by atoms with Crippen molar-refractivity contribution in [3.63, 3.8) is 0 Å². The highest BCUT2D eigenvalue weighted by Gasteiger charge is 2.08. The summed E-state index contributed by atoms with van der Waals surface area (Å²) in [6.07, 6.45) is 8.44. The van der Waals surface area contributed by atoms with E-state index >= 15 is 0 Å². The third kappa shape index (κ3) is 7.49. The molecule has 0 radical (unpaired) electrons. The summed E-state index contributed by atoms with van der Waals surface area (Å²) in [6, 6.07) is 4.73. The van der Waals surface area contributed by atoms with Gasteiger partial charge in [0.2, 0.25) is 0 Å². The van der Waals surface area contributed by atoms with Crippen molar-refractivity contribution in [2.24, 2.45) is 5.92 Å². The minimum absolute atomic E-state index is 0.565. The third-order valence-electron chi connectivity index (χ3n) is 3.37. The maximum absolute atomic E-state index is 2.25. The highest BCUT2D eigenvalue weighted by Crippen LogP contribution is 1.97. The predicted molar refractivity (Wildman–Crippen MR) is 97.2 cm³/mol. The van der Waals surface area contributed by atoms with Crippen LogP contribution >= 0.6 is 0 Å². The van der Waals surface area contributed by atoms with E-state index in [4.69, 9.17) is 0 Å². The Labute approximate surface area is 143 Å². The van der Waals surface area contributed by atoms with Crippen molar-refractivity contribution in [3.8, 4) is 0 Å². The Hall–Kier alpha value is -1.58. The van der Waals surface area contributed by atoms with Crippen molar-refractivity contribution in [2.75, 3.05) is 0 Å². The van der Waals surface area contributed by atoms with Gasteiger partial charge >= 0.3 is 0 Å². The van der Waals surface area contributed by atoms with E-state index in [1.807, 2.05) is 13.8 Å². The van der Waals surface area contributed by atoms with E-state index in [-0.39, 0.29) is 0 Å². The molecule has 132 valence electrons. The number of aromatic nitrogens is 4. The average Bonchev–Trinajstić information content (AvgIpc) is 3.17. The SMILES string of the molecule is CC.CC[n+]1cccn1C(C)C.CCn1ccc[n+]1CC(C)C. The molecule has 0 bridgehead atoms. The van der Waals surface area contributed by atoms with Gasteiger partial charge in [-0.1, -0.05) is 27.7 Å². The van der Waals surface area contributed by atoms with Gasteiger partial charge in [-0.15, -0.1) is 9.36 Å². The van der Waals surface area contributed by atoms with Crippen LogP contribution in [0.25, 0.3) is 0 Å². The normalized spacial score (nSPS) is 10.2. The molecule has 2 heterocycles. The van der Waals surface area contributed by atoms with E-state index in [0.29, 0.717) is 6.04 Å². The second kappa shape index (κ2) is 11.9. The predicted octanol–water partition coefficient (Wildman–Crippen LogP) is 3.85. The van der Waals surface area contributed by atoms with E-state index in [0.717, 1.165) is 25.6 Å². The van der Waals surface area contributed by atoms with Crippen LogP contribution < -0.4 is 9.36 Å². The molecule has 0 unspecified atom stereocenters. The third-order valence-corrected chi connectivity index (χ3v) is 3.37. The average molecular weight is 323 g/mol. The molecule has 23 heavy (non-hydrogen) atoms. The van der Waals surface area contributed by atoms with Gasteiger partial charge in [0.05, 0.1) is 25.0 Å². The van der Waals surface area contributed by atoms with Gasteiger partial charge in [-0.25, -0.2) is 0 Å². The first-order valence-electron chi connectivity index (χ1n) is 9.10. The molecule has 0 fully saturated rings. The maximum Gasteiger partial charge on any atom is 0.195 e. The molecule has 0 aliphatic rings. The second-order valence-electron chi connectivity index (χ2n) is 5.98. The zero-order chi connectivity index (χ0) is 17.8. The Kier molecular flexibility index (Phi) is 11.1. The van der Waals surface area contributed by atoms with Crippen LogP contribution in [-0.4, -0.2) is 9.36 Å². The lowest BCUT2D eigenvalue weighted by atomic mass is 10.2. The monoisotopic (exact) mass is 322 g/mol. The van der Waals surface area contributed by atoms with E-state index < -0.39 is 0 Å². The number of nitrogens with zero attached hydrogens (tertiary/aromatic N) is 4. The van der Waals surface area contributed by atoms with Gasteiger partial charge in [0.1, 0.15) is 0 Å². The Morgan fingerprint density at radius 1 is 0.870 bits per heavy atom. The van der Waals surface area contributed by atoms with Crippen molar-refractivity contribution in [3.05, 3.63) is 36.9 Å². The molecule has 0 N–H and O–H groups in total. The lowest BCUT2D eigenvalue weighted by Gasteiger charge is -2.03. The van der Waals surface area contributed by atoms with Gasteiger partial charge < -0.3 is 0 Å². The van der Waals surface area contributed by atoms with Gasteiger partial charge in [-0.2, -0.15) is 9.36 Å². The highest BCUT2D eigenvalue weighted by atomic mass is 15.4. The lowest BCUT2D eigenvalue weighted by Crippen LogP contribution is -2.43. The molecule has 0 aliphatic carbocycles. The van der Waals surface area contributed by atoms with Gasteiger partial charge in [-0.05, 0) is 27.7 Å². The number of hydrogen-bond acceptors (Lipinski definition) is 0. The molecule has 0 aromatic carbocycles. The Morgan fingerprint density at radius 2 is 1.43 bits per heavy atom. The van der Waals surface area contributed by atoms with Crippen molar-refractivity contribution in [2.45, 2.75) is 81.1 Å². The summed E-state index contributed by atoms with van der Waals surface area (Å²) in [5.74, 6) is 0.722. The molecular formula is C19H38N4+2. The van der Waals surface area contributed by atoms with Crippen LogP contribution in [0.4, 0.5) is 0 Å². The summed E-state index contributed by atoms with van der Waals surface area (Å²) in [4.78, 5) is 0. The molecule has 2 aromatic rings. The molecule has 0 saturated heterocycles. The maximum atomic E-state index is 2.25. The Balaban J connectivity index is 0.000000381. The van der Waals surface area contributed by atoms with Crippen LogP contribution in [0.2, 0.25) is 0 Å². The molecule has 2 rings (SSSR count). The Morgan fingerprint density at radius 3 is 1.87 bits per heavy atom. The molecule has 0 spiro atoms. The van der Waals surface area contributed by atoms with Crippen LogP contribution in [0.1, 0.15) is 61.4 Å². The summed E-state index contributed by atoms with van der Waals surface area (Å²) in [7, 11) is 0. The number of hydrogen-bond donors (Lipinski definition) is 0. The van der Waals surface area contributed by atoms with Crippen LogP contribution in [-0.2, 0) is 19.6 Å². The van der Waals surface area contributed by atoms with E-state index in [1.165, 1.54) is 0 Å². The van der Waals surface area contributed by atoms with Crippen LogP contribution in [0, 0.1) is 5.92 Å². The standard InChI is InChI=1S/C9H17N2.C8H15N2.C2H6/c1-4-10-6-5-7-11(10)8-9(2)3;1-4-9-6-5-7-10(9)8(2)3;1-2/h5-7,9H,4,8H2,1-3H3;5-8H,4H2,1-3H3;1-2H3/q2*+1;. The first kappa shape index (κ1) is 21.4. The fraction of sp³-hybridized carbons (Fsp3) is 0.684. The van der Waals surface area contributed by atoms with Gasteiger partial charge in [-0.3, -0.25) is 0 Å². The van der Waals surface area contributed by atoms with Crippen LogP contribution in [0.3, 0.4) is 0 Å². The fourth-order valence-electron chi connectivity index (χ4n) is 2.36. The minimum atomic E-state index is 0.565.